The zero-order valence-corrected chi connectivity index (χ0v) is 16.2. The van der Waals surface area contributed by atoms with Crippen molar-refractivity contribution >= 4 is 17.2 Å². The van der Waals surface area contributed by atoms with E-state index in [1.165, 1.54) is 11.3 Å². The third kappa shape index (κ3) is 4.65. The summed E-state index contributed by atoms with van der Waals surface area (Å²) in [5, 5.41) is 5.93. The van der Waals surface area contributed by atoms with Crippen molar-refractivity contribution < 1.29 is 18.8 Å². The molecule has 1 aromatic carbocycles. The zero-order valence-electron chi connectivity index (χ0n) is 15.4. The van der Waals surface area contributed by atoms with E-state index in [2.05, 4.69) is 10.1 Å². The van der Waals surface area contributed by atoms with Crippen molar-refractivity contribution in [3.05, 3.63) is 47.7 Å². The number of amides is 1. The van der Waals surface area contributed by atoms with E-state index in [0.29, 0.717) is 24.0 Å². The fourth-order valence-electron chi connectivity index (χ4n) is 2.50. The quantitative estimate of drug-likeness (QED) is 0.587. The standard InChI is InChI=1S/C19H21N3O4S/c1-4-22(12-17-20-18(21-26-17)16-6-5-11-27-16)19(23)13(2)25-15-9-7-14(24-3)8-10-15/h5-11,13H,4,12H2,1-3H3/t13-/m1/s1. The first kappa shape index (κ1) is 18.9. The third-order valence-electron chi connectivity index (χ3n) is 3.95. The van der Waals surface area contributed by atoms with Gasteiger partial charge in [0.2, 0.25) is 11.7 Å². The zero-order chi connectivity index (χ0) is 19.2. The van der Waals surface area contributed by atoms with Gasteiger partial charge in [-0.1, -0.05) is 11.2 Å². The molecule has 3 rings (SSSR count). The number of carbonyl (C=O) groups is 1. The number of carbonyl (C=O) groups excluding carboxylic acids is 1. The Morgan fingerprint density at radius 1 is 1.26 bits per heavy atom. The van der Waals surface area contributed by atoms with Gasteiger partial charge in [-0.05, 0) is 49.6 Å². The lowest BCUT2D eigenvalue weighted by molar-refractivity contribution is -0.138. The lowest BCUT2D eigenvalue weighted by Crippen LogP contribution is -2.40. The molecule has 0 unspecified atom stereocenters. The minimum absolute atomic E-state index is 0.149. The summed E-state index contributed by atoms with van der Waals surface area (Å²) in [4.78, 5) is 19.7. The largest absolute Gasteiger partial charge is 0.497 e. The summed E-state index contributed by atoms with van der Waals surface area (Å²) in [7, 11) is 1.60. The summed E-state index contributed by atoms with van der Waals surface area (Å²) >= 11 is 1.53. The number of methoxy groups -OCH3 is 1. The summed E-state index contributed by atoms with van der Waals surface area (Å²) in [6.45, 7) is 4.37. The minimum atomic E-state index is -0.641. The Hall–Kier alpha value is -2.87. The molecule has 0 radical (unpaired) electrons. The Labute approximate surface area is 161 Å². The summed E-state index contributed by atoms with van der Waals surface area (Å²) in [5.74, 6) is 2.11. The highest BCUT2D eigenvalue weighted by molar-refractivity contribution is 7.13. The minimum Gasteiger partial charge on any atom is -0.497 e. The van der Waals surface area contributed by atoms with E-state index in [4.69, 9.17) is 14.0 Å². The molecule has 1 amide bonds. The molecule has 0 saturated carbocycles. The summed E-state index contributed by atoms with van der Waals surface area (Å²) < 4.78 is 16.2. The molecule has 2 aromatic heterocycles. The van der Waals surface area contributed by atoms with Crippen molar-refractivity contribution in [1.82, 2.24) is 15.0 Å². The Balaban J connectivity index is 1.62. The van der Waals surface area contributed by atoms with Gasteiger partial charge < -0.3 is 18.9 Å². The second-order valence-electron chi connectivity index (χ2n) is 5.78. The van der Waals surface area contributed by atoms with Crippen molar-refractivity contribution in [3.8, 4) is 22.2 Å². The van der Waals surface area contributed by atoms with Gasteiger partial charge >= 0.3 is 0 Å². The first-order valence-corrected chi connectivity index (χ1v) is 9.44. The van der Waals surface area contributed by atoms with E-state index in [-0.39, 0.29) is 12.5 Å². The van der Waals surface area contributed by atoms with Crippen LogP contribution in [0.3, 0.4) is 0 Å². The molecule has 0 saturated heterocycles. The lowest BCUT2D eigenvalue weighted by atomic mass is 10.3. The normalized spacial score (nSPS) is 11.8. The number of hydrogen-bond donors (Lipinski definition) is 0. The monoisotopic (exact) mass is 387 g/mol. The molecule has 0 spiro atoms. The van der Waals surface area contributed by atoms with Crippen molar-refractivity contribution in [1.29, 1.82) is 0 Å². The van der Waals surface area contributed by atoms with Gasteiger partial charge in [0.1, 0.15) is 18.0 Å². The summed E-state index contributed by atoms with van der Waals surface area (Å²) in [5.41, 5.74) is 0. The third-order valence-corrected chi connectivity index (χ3v) is 4.82. The maximum absolute atomic E-state index is 12.7. The van der Waals surface area contributed by atoms with Crippen LogP contribution in [0.2, 0.25) is 0 Å². The van der Waals surface area contributed by atoms with E-state index < -0.39 is 6.10 Å². The predicted molar refractivity (Wildman–Crippen MR) is 102 cm³/mol. The maximum atomic E-state index is 12.7. The van der Waals surface area contributed by atoms with E-state index >= 15 is 0 Å². The van der Waals surface area contributed by atoms with Gasteiger partial charge in [-0.25, -0.2) is 0 Å². The van der Waals surface area contributed by atoms with Crippen molar-refractivity contribution in [3.63, 3.8) is 0 Å². The number of likely N-dealkylation sites (N-methyl/N-ethyl adjacent to an activating group) is 1. The number of thiophene rings is 1. The number of nitrogens with zero attached hydrogens (tertiary/aromatic N) is 3. The highest BCUT2D eigenvalue weighted by Crippen LogP contribution is 2.22. The van der Waals surface area contributed by atoms with Crippen LogP contribution in [0, 0.1) is 0 Å². The van der Waals surface area contributed by atoms with E-state index in [0.717, 1.165) is 10.6 Å². The fourth-order valence-corrected chi connectivity index (χ4v) is 3.15. The molecule has 3 aromatic rings. The van der Waals surface area contributed by atoms with Crippen LogP contribution in [0.25, 0.3) is 10.7 Å². The molecular formula is C19H21N3O4S. The van der Waals surface area contributed by atoms with Gasteiger partial charge in [-0.15, -0.1) is 11.3 Å². The predicted octanol–water partition coefficient (Wildman–Crippen LogP) is 3.62. The van der Waals surface area contributed by atoms with Gasteiger partial charge in [0.05, 0.1) is 12.0 Å². The first-order chi connectivity index (χ1) is 13.1. The van der Waals surface area contributed by atoms with E-state index in [1.54, 1.807) is 43.2 Å². The van der Waals surface area contributed by atoms with Gasteiger partial charge in [0.25, 0.3) is 5.91 Å². The van der Waals surface area contributed by atoms with Crippen molar-refractivity contribution in [2.24, 2.45) is 0 Å². The molecule has 142 valence electrons. The smallest absolute Gasteiger partial charge is 0.263 e. The molecule has 0 N–H and O–H groups in total. The highest BCUT2D eigenvalue weighted by Gasteiger charge is 2.23. The molecule has 8 heteroatoms. The van der Waals surface area contributed by atoms with Crippen LogP contribution in [0.4, 0.5) is 0 Å². The second kappa shape index (κ2) is 8.68. The van der Waals surface area contributed by atoms with Gasteiger partial charge in [0, 0.05) is 6.54 Å². The summed E-state index contributed by atoms with van der Waals surface area (Å²) in [6.07, 6.45) is -0.641. The average Bonchev–Trinajstić information content (AvgIpc) is 3.37. The highest BCUT2D eigenvalue weighted by atomic mass is 32.1. The Morgan fingerprint density at radius 3 is 2.63 bits per heavy atom. The molecule has 0 aliphatic heterocycles. The molecule has 2 heterocycles. The molecule has 27 heavy (non-hydrogen) atoms. The van der Waals surface area contributed by atoms with Crippen LogP contribution in [0.5, 0.6) is 11.5 Å². The van der Waals surface area contributed by atoms with Gasteiger partial charge in [0.15, 0.2) is 6.10 Å². The molecule has 0 aliphatic carbocycles. The molecule has 0 fully saturated rings. The van der Waals surface area contributed by atoms with E-state index in [1.807, 2.05) is 24.4 Å². The fraction of sp³-hybridized carbons (Fsp3) is 0.316. The average molecular weight is 387 g/mol. The van der Waals surface area contributed by atoms with Crippen molar-refractivity contribution in [2.45, 2.75) is 26.5 Å². The van der Waals surface area contributed by atoms with Gasteiger partial charge in [-0.3, -0.25) is 4.79 Å². The van der Waals surface area contributed by atoms with Gasteiger partial charge in [-0.2, -0.15) is 4.98 Å². The molecule has 0 bridgehead atoms. The number of hydrogen-bond acceptors (Lipinski definition) is 7. The number of ether oxygens (including phenoxy) is 2. The van der Waals surface area contributed by atoms with Crippen LogP contribution in [-0.4, -0.2) is 40.7 Å². The van der Waals surface area contributed by atoms with E-state index in [9.17, 15) is 4.79 Å². The molecule has 0 aliphatic rings. The maximum Gasteiger partial charge on any atom is 0.263 e. The van der Waals surface area contributed by atoms with Crippen LogP contribution >= 0.6 is 11.3 Å². The number of aromatic nitrogens is 2. The topological polar surface area (TPSA) is 77.7 Å². The SMILES string of the molecule is CCN(Cc1nc(-c2cccs2)no1)C(=O)[C@@H](C)Oc1ccc(OC)cc1. The molecule has 7 nitrogen and oxygen atoms in total. The lowest BCUT2D eigenvalue weighted by Gasteiger charge is -2.23. The molecular weight excluding hydrogens is 366 g/mol. The Bertz CT molecular complexity index is 861. The second-order valence-corrected chi connectivity index (χ2v) is 6.72. The van der Waals surface area contributed by atoms with Crippen LogP contribution < -0.4 is 9.47 Å². The first-order valence-electron chi connectivity index (χ1n) is 8.56. The van der Waals surface area contributed by atoms with Crippen LogP contribution in [0.15, 0.2) is 46.3 Å². The Morgan fingerprint density at radius 2 is 2.00 bits per heavy atom. The van der Waals surface area contributed by atoms with Crippen molar-refractivity contribution in [2.75, 3.05) is 13.7 Å². The Kier molecular flexibility index (Phi) is 6.08. The number of benzene rings is 1. The number of rotatable bonds is 8. The van der Waals surface area contributed by atoms with Crippen LogP contribution in [0.1, 0.15) is 19.7 Å². The summed E-state index contributed by atoms with van der Waals surface area (Å²) in [6, 6.07) is 11.0. The molecule has 1 atom stereocenters. The van der Waals surface area contributed by atoms with Crippen LogP contribution in [-0.2, 0) is 11.3 Å².